The lowest BCUT2D eigenvalue weighted by Gasteiger charge is -2.17. The molecule has 0 aliphatic carbocycles. The molecule has 0 aliphatic heterocycles. The van der Waals surface area contributed by atoms with Crippen LogP contribution >= 0.6 is 0 Å². The van der Waals surface area contributed by atoms with Crippen LogP contribution in [0.25, 0.3) is 10.8 Å². The number of carbonyl (C=O) groups excluding carboxylic acids is 1. The maximum Gasteiger partial charge on any atom is 0.319 e. The minimum absolute atomic E-state index is 0.0842. The number of rotatable bonds is 6. The molecule has 0 aliphatic rings. The molecule has 6 heteroatoms. The van der Waals surface area contributed by atoms with Gasteiger partial charge in [0.15, 0.2) is 0 Å². The molecule has 3 aromatic rings. The first-order valence-corrected chi connectivity index (χ1v) is 8.90. The number of carbonyl (C=O) groups is 1. The number of urea groups is 1. The predicted octanol–water partition coefficient (Wildman–Crippen LogP) is 2.79. The molecule has 2 N–H and O–H groups in total. The van der Waals surface area contributed by atoms with Crippen molar-refractivity contribution in [1.82, 2.24) is 14.8 Å². The largest absolute Gasteiger partial charge is 0.337 e. The SMILES string of the molecule is CN(CCNC(=O)Nc1cn(C)c(=O)c2ccccc12)Cc1ccccc1. The van der Waals surface area contributed by atoms with Crippen molar-refractivity contribution in [1.29, 1.82) is 0 Å². The van der Waals surface area contributed by atoms with E-state index in [9.17, 15) is 9.59 Å². The Kier molecular flexibility index (Phi) is 5.88. The van der Waals surface area contributed by atoms with Crippen LogP contribution in [0.1, 0.15) is 5.56 Å². The number of anilines is 1. The van der Waals surface area contributed by atoms with Crippen molar-refractivity contribution < 1.29 is 4.79 Å². The molecule has 1 aromatic heterocycles. The molecule has 27 heavy (non-hydrogen) atoms. The molecule has 0 unspecified atom stereocenters. The van der Waals surface area contributed by atoms with Crippen molar-refractivity contribution in [2.45, 2.75) is 6.54 Å². The topological polar surface area (TPSA) is 66.4 Å². The maximum atomic E-state index is 12.3. The Balaban J connectivity index is 1.56. The molecule has 0 atom stereocenters. The number of aromatic nitrogens is 1. The van der Waals surface area contributed by atoms with Gasteiger partial charge in [0.1, 0.15) is 0 Å². The molecule has 3 rings (SSSR count). The van der Waals surface area contributed by atoms with E-state index in [2.05, 4.69) is 27.7 Å². The number of pyridine rings is 1. The zero-order chi connectivity index (χ0) is 19.2. The standard InChI is InChI=1S/C21H24N4O2/c1-24(14-16-8-4-3-5-9-16)13-12-22-21(27)23-19-15-25(2)20(26)18-11-7-6-10-17(18)19/h3-11,15H,12-14H2,1-2H3,(H2,22,23,27). The van der Waals surface area contributed by atoms with Crippen molar-refractivity contribution in [2.24, 2.45) is 7.05 Å². The molecule has 0 fully saturated rings. The Bertz CT molecular complexity index is 982. The van der Waals surface area contributed by atoms with Gasteiger partial charge >= 0.3 is 6.03 Å². The third kappa shape index (κ3) is 4.74. The molecule has 0 saturated heterocycles. The highest BCUT2D eigenvalue weighted by molar-refractivity contribution is 6.00. The van der Waals surface area contributed by atoms with Crippen LogP contribution in [0.2, 0.25) is 0 Å². The van der Waals surface area contributed by atoms with E-state index < -0.39 is 0 Å². The lowest BCUT2D eigenvalue weighted by molar-refractivity contribution is 0.249. The maximum absolute atomic E-state index is 12.3. The van der Waals surface area contributed by atoms with E-state index >= 15 is 0 Å². The van der Waals surface area contributed by atoms with Crippen molar-refractivity contribution in [3.63, 3.8) is 0 Å². The highest BCUT2D eigenvalue weighted by Crippen LogP contribution is 2.19. The molecular weight excluding hydrogens is 340 g/mol. The summed E-state index contributed by atoms with van der Waals surface area (Å²) >= 11 is 0. The first-order chi connectivity index (χ1) is 13.0. The van der Waals surface area contributed by atoms with Crippen molar-refractivity contribution in [3.8, 4) is 0 Å². The van der Waals surface area contributed by atoms with Gasteiger partial charge in [-0.15, -0.1) is 0 Å². The van der Waals surface area contributed by atoms with Gasteiger partial charge in [0, 0.05) is 43.7 Å². The molecule has 6 nitrogen and oxygen atoms in total. The quantitative estimate of drug-likeness (QED) is 0.707. The number of benzene rings is 2. The van der Waals surface area contributed by atoms with Crippen LogP contribution in [0.4, 0.5) is 10.5 Å². The summed E-state index contributed by atoms with van der Waals surface area (Å²) in [6.45, 7) is 2.09. The number of hydrogen-bond acceptors (Lipinski definition) is 3. The fourth-order valence-electron chi connectivity index (χ4n) is 3.02. The van der Waals surface area contributed by atoms with E-state index in [0.717, 1.165) is 18.5 Å². The molecular formula is C21H24N4O2. The Morgan fingerprint density at radius 1 is 1.04 bits per heavy atom. The van der Waals surface area contributed by atoms with Gasteiger partial charge in [-0.25, -0.2) is 4.79 Å². The highest BCUT2D eigenvalue weighted by atomic mass is 16.2. The third-order valence-corrected chi connectivity index (χ3v) is 4.41. The minimum Gasteiger partial charge on any atom is -0.337 e. The second-order valence-corrected chi connectivity index (χ2v) is 6.61. The Hall–Kier alpha value is -3.12. The zero-order valence-electron chi connectivity index (χ0n) is 15.6. The van der Waals surface area contributed by atoms with E-state index in [4.69, 9.17) is 0 Å². The molecule has 2 aromatic carbocycles. The van der Waals surface area contributed by atoms with E-state index in [1.54, 1.807) is 19.3 Å². The van der Waals surface area contributed by atoms with Crippen LogP contribution in [-0.4, -0.2) is 35.6 Å². The summed E-state index contributed by atoms with van der Waals surface area (Å²) in [5.41, 5.74) is 1.77. The average Bonchev–Trinajstić information content (AvgIpc) is 2.67. The Morgan fingerprint density at radius 3 is 2.44 bits per heavy atom. The highest BCUT2D eigenvalue weighted by Gasteiger charge is 2.09. The van der Waals surface area contributed by atoms with Gasteiger partial charge in [-0.3, -0.25) is 4.79 Å². The summed E-state index contributed by atoms with van der Waals surface area (Å²) in [4.78, 5) is 26.6. The predicted molar refractivity (Wildman–Crippen MR) is 109 cm³/mol. The lowest BCUT2D eigenvalue weighted by atomic mass is 10.1. The van der Waals surface area contributed by atoms with Crippen LogP contribution in [0.3, 0.4) is 0 Å². The molecule has 2 amide bonds. The van der Waals surface area contributed by atoms with E-state index in [1.807, 2.05) is 43.4 Å². The summed E-state index contributed by atoms with van der Waals surface area (Å²) < 4.78 is 1.48. The summed E-state index contributed by atoms with van der Waals surface area (Å²) in [6.07, 6.45) is 1.64. The molecule has 0 radical (unpaired) electrons. The van der Waals surface area contributed by atoms with Gasteiger partial charge in [-0.1, -0.05) is 48.5 Å². The average molecular weight is 364 g/mol. The van der Waals surface area contributed by atoms with Crippen LogP contribution < -0.4 is 16.2 Å². The second-order valence-electron chi connectivity index (χ2n) is 6.61. The summed E-state index contributed by atoms with van der Waals surface area (Å²) in [5.74, 6) is 0. The van der Waals surface area contributed by atoms with Crippen molar-refractivity contribution >= 4 is 22.5 Å². The molecule has 0 spiro atoms. The number of fused-ring (bicyclic) bond motifs is 1. The van der Waals surface area contributed by atoms with Gasteiger partial charge < -0.3 is 20.1 Å². The zero-order valence-corrected chi connectivity index (χ0v) is 15.6. The fourth-order valence-corrected chi connectivity index (χ4v) is 3.02. The van der Waals surface area contributed by atoms with Crippen LogP contribution in [0.15, 0.2) is 65.6 Å². The van der Waals surface area contributed by atoms with Crippen LogP contribution in [0.5, 0.6) is 0 Å². The Labute approximate surface area is 158 Å². The number of amides is 2. The van der Waals surface area contributed by atoms with Gasteiger partial charge in [0.25, 0.3) is 5.56 Å². The third-order valence-electron chi connectivity index (χ3n) is 4.41. The smallest absolute Gasteiger partial charge is 0.319 e. The summed E-state index contributed by atoms with van der Waals surface area (Å²) in [6, 6.07) is 17.2. The molecule has 0 saturated carbocycles. The minimum atomic E-state index is -0.285. The van der Waals surface area contributed by atoms with Crippen LogP contribution in [0, 0.1) is 0 Å². The van der Waals surface area contributed by atoms with E-state index in [1.165, 1.54) is 10.1 Å². The number of hydrogen-bond donors (Lipinski definition) is 2. The normalized spacial score (nSPS) is 10.9. The first kappa shape index (κ1) is 18.7. The van der Waals surface area contributed by atoms with Crippen LogP contribution in [-0.2, 0) is 13.6 Å². The van der Waals surface area contributed by atoms with E-state index in [0.29, 0.717) is 17.6 Å². The van der Waals surface area contributed by atoms with Crippen molar-refractivity contribution in [3.05, 3.63) is 76.7 Å². The fraction of sp³-hybridized carbons (Fsp3) is 0.238. The second kappa shape index (κ2) is 8.51. The summed E-state index contributed by atoms with van der Waals surface area (Å²) in [7, 11) is 3.70. The number of likely N-dealkylation sites (N-methyl/N-ethyl adjacent to an activating group) is 1. The molecule has 0 bridgehead atoms. The van der Waals surface area contributed by atoms with Crippen molar-refractivity contribution in [2.75, 3.05) is 25.5 Å². The molecule has 1 heterocycles. The van der Waals surface area contributed by atoms with Gasteiger partial charge in [-0.05, 0) is 18.7 Å². The van der Waals surface area contributed by atoms with Gasteiger partial charge in [0.2, 0.25) is 0 Å². The van der Waals surface area contributed by atoms with Gasteiger partial charge in [-0.2, -0.15) is 0 Å². The summed E-state index contributed by atoms with van der Waals surface area (Å²) in [5, 5.41) is 7.03. The lowest BCUT2D eigenvalue weighted by Crippen LogP contribution is -2.35. The molecule has 140 valence electrons. The van der Waals surface area contributed by atoms with Gasteiger partial charge in [0.05, 0.1) is 5.69 Å². The Morgan fingerprint density at radius 2 is 1.70 bits per heavy atom. The first-order valence-electron chi connectivity index (χ1n) is 8.90. The number of nitrogens with zero attached hydrogens (tertiary/aromatic N) is 2. The number of aryl methyl sites for hydroxylation is 1. The van der Waals surface area contributed by atoms with E-state index in [-0.39, 0.29) is 11.6 Å². The number of nitrogens with one attached hydrogen (secondary N) is 2. The monoisotopic (exact) mass is 364 g/mol.